The van der Waals surface area contributed by atoms with Gasteiger partial charge < -0.3 is 13.6 Å². The van der Waals surface area contributed by atoms with Gasteiger partial charge in [0.15, 0.2) is 0 Å². The summed E-state index contributed by atoms with van der Waals surface area (Å²) in [6.45, 7) is 2.13. The van der Waals surface area contributed by atoms with Crippen molar-refractivity contribution in [2.24, 2.45) is 0 Å². The number of para-hydroxylation sites is 4. The standard InChI is InChI=1S/C44H27N3O/c1-27-18-20-38(47-37-16-8-4-12-31(37)43-40(47)22-23-42-44(43)32-13-5-9-17-41(32)48-42)33(24-27)34-25-28(26-45)19-21-39(34)46-35-14-6-2-10-29(35)30-11-3-7-15-36(30)46/h2-25H,1H3. The van der Waals surface area contributed by atoms with Crippen molar-refractivity contribution in [3.8, 4) is 28.6 Å². The quantitative estimate of drug-likeness (QED) is 0.199. The normalized spacial score (nSPS) is 11.8. The molecule has 0 aliphatic heterocycles. The minimum Gasteiger partial charge on any atom is -0.456 e. The lowest BCUT2D eigenvalue weighted by molar-refractivity contribution is 0.669. The van der Waals surface area contributed by atoms with Gasteiger partial charge in [0.2, 0.25) is 0 Å². The lowest BCUT2D eigenvalue weighted by Gasteiger charge is -2.19. The first-order valence-corrected chi connectivity index (χ1v) is 16.2. The Balaban J connectivity index is 1.34. The van der Waals surface area contributed by atoms with Crippen LogP contribution >= 0.6 is 0 Å². The molecule has 7 aromatic carbocycles. The topological polar surface area (TPSA) is 46.8 Å². The second-order valence-electron chi connectivity index (χ2n) is 12.5. The van der Waals surface area contributed by atoms with E-state index < -0.39 is 0 Å². The number of aromatic nitrogens is 2. The van der Waals surface area contributed by atoms with Crippen molar-refractivity contribution in [3.05, 3.63) is 157 Å². The molecular weight excluding hydrogens is 587 g/mol. The van der Waals surface area contributed by atoms with E-state index in [9.17, 15) is 5.26 Å². The van der Waals surface area contributed by atoms with Gasteiger partial charge in [-0.1, -0.05) is 84.4 Å². The predicted molar refractivity (Wildman–Crippen MR) is 197 cm³/mol. The summed E-state index contributed by atoms with van der Waals surface area (Å²) < 4.78 is 11.1. The van der Waals surface area contributed by atoms with E-state index in [2.05, 4.69) is 143 Å². The summed E-state index contributed by atoms with van der Waals surface area (Å²) >= 11 is 0. The van der Waals surface area contributed by atoms with E-state index in [-0.39, 0.29) is 0 Å². The maximum absolute atomic E-state index is 10.2. The van der Waals surface area contributed by atoms with E-state index >= 15 is 0 Å². The maximum Gasteiger partial charge on any atom is 0.136 e. The van der Waals surface area contributed by atoms with Crippen LogP contribution in [-0.4, -0.2) is 9.13 Å². The fraction of sp³-hybridized carbons (Fsp3) is 0.0227. The van der Waals surface area contributed by atoms with Gasteiger partial charge in [-0.25, -0.2) is 0 Å². The van der Waals surface area contributed by atoms with Gasteiger partial charge in [-0.3, -0.25) is 0 Å². The van der Waals surface area contributed by atoms with Crippen molar-refractivity contribution in [1.29, 1.82) is 5.26 Å². The van der Waals surface area contributed by atoms with E-state index in [1.54, 1.807) is 0 Å². The van der Waals surface area contributed by atoms with Crippen LogP contribution in [0.25, 0.3) is 88.1 Å². The third-order valence-corrected chi connectivity index (χ3v) is 9.81. The molecule has 0 fully saturated rings. The molecule has 0 atom stereocenters. The number of rotatable bonds is 3. The second-order valence-corrected chi connectivity index (χ2v) is 12.5. The molecule has 0 saturated heterocycles. The van der Waals surface area contributed by atoms with Crippen LogP contribution in [0.15, 0.2) is 150 Å². The second kappa shape index (κ2) is 9.96. The summed E-state index contributed by atoms with van der Waals surface area (Å²) in [7, 11) is 0. The summed E-state index contributed by atoms with van der Waals surface area (Å²) in [6.07, 6.45) is 0. The Morgan fingerprint density at radius 1 is 0.479 bits per heavy atom. The zero-order chi connectivity index (χ0) is 31.9. The Morgan fingerprint density at radius 2 is 1.04 bits per heavy atom. The van der Waals surface area contributed by atoms with E-state index in [1.807, 2.05) is 24.3 Å². The highest BCUT2D eigenvalue weighted by Gasteiger charge is 2.22. The van der Waals surface area contributed by atoms with Crippen LogP contribution in [0, 0.1) is 18.3 Å². The molecule has 3 heterocycles. The first-order chi connectivity index (χ1) is 23.7. The van der Waals surface area contributed by atoms with Gasteiger partial charge >= 0.3 is 0 Å². The third kappa shape index (κ3) is 3.64. The Labute approximate surface area is 275 Å². The molecule has 10 rings (SSSR count). The van der Waals surface area contributed by atoms with Gasteiger partial charge in [-0.2, -0.15) is 5.26 Å². The van der Waals surface area contributed by atoms with Crippen LogP contribution < -0.4 is 0 Å². The molecule has 0 unspecified atom stereocenters. The van der Waals surface area contributed by atoms with Crippen LogP contribution in [0.1, 0.15) is 11.1 Å². The molecule has 0 N–H and O–H groups in total. The number of hydrogen-bond donors (Lipinski definition) is 0. The molecule has 48 heavy (non-hydrogen) atoms. The number of hydrogen-bond acceptors (Lipinski definition) is 2. The Bertz CT molecular complexity index is 2930. The molecule has 0 radical (unpaired) electrons. The molecule has 0 saturated carbocycles. The molecule has 10 aromatic rings. The van der Waals surface area contributed by atoms with E-state index in [1.165, 1.54) is 21.5 Å². The molecule has 0 amide bonds. The van der Waals surface area contributed by atoms with E-state index in [4.69, 9.17) is 4.42 Å². The number of fused-ring (bicyclic) bond motifs is 10. The monoisotopic (exact) mass is 613 g/mol. The van der Waals surface area contributed by atoms with Crippen molar-refractivity contribution >= 4 is 65.6 Å². The van der Waals surface area contributed by atoms with Gasteiger partial charge in [0.05, 0.1) is 45.1 Å². The minimum atomic E-state index is 0.621. The number of nitrogens with zero attached hydrogens (tertiary/aromatic N) is 3. The highest BCUT2D eigenvalue weighted by molar-refractivity contribution is 6.27. The molecule has 224 valence electrons. The zero-order valence-electron chi connectivity index (χ0n) is 26.1. The fourth-order valence-electron chi connectivity index (χ4n) is 7.79. The zero-order valence-corrected chi connectivity index (χ0v) is 26.1. The first-order valence-electron chi connectivity index (χ1n) is 16.2. The van der Waals surface area contributed by atoms with Gasteiger partial charge in [0.25, 0.3) is 0 Å². The van der Waals surface area contributed by atoms with Crippen molar-refractivity contribution in [1.82, 2.24) is 9.13 Å². The van der Waals surface area contributed by atoms with Crippen molar-refractivity contribution in [3.63, 3.8) is 0 Å². The SMILES string of the molecule is Cc1ccc(-n2c3ccccc3c3c4c(ccc32)oc2ccccc24)c(-c2cc(C#N)ccc2-n2c3ccccc3c3ccccc32)c1. The highest BCUT2D eigenvalue weighted by Crippen LogP contribution is 2.44. The maximum atomic E-state index is 10.2. The van der Waals surface area contributed by atoms with Crippen LogP contribution in [-0.2, 0) is 0 Å². The van der Waals surface area contributed by atoms with Crippen molar-refractivity contribution in [2.45, 2.75) is 6.92 Å². The first kappa shape index (κ1) is 26.6. The smallest absolute Gasteiger partial charge is 0.136 e. The lowest BCUT2D eigenvalue weighted by atomic mass is 9.97. The molecule has 0 aliphatic rings. The minimum absolute atomic E-state index is 0.621. The molecule has 4 nitrogen and oxygen atoms in total. The summed E-state index contributed by atoms with van der Waals surface area (Å²) in [5, 5.41) is 17.1. The molecule has 4 heteroatoms. The highest BCUT2D eigenvalue weighted by atomic mass is 16.3. The number of aryl methyl sites for hydroxylation is 1. The lowest BCUT2D eigenvalue weighted by Crippen LogP contribution is -2.02. The van der Waals surface area contributed by atoms with Crippen LogP contribution in [0.3, 0.4) is 0 Å². The fourth-order valence-corrected chi connectivity index (χ4v) is 7.79. The van der Waals surface area contributed by atoms with Gasteiger partial charge in [-0.05, 0) is 73.7 Å². The van der Waals surface area contributed by atoms with Gasteiger partial charge in [-0.15, -0.1) is 0 Å². The third-order valence-electron chi connectivity index (χ3n) is 9.81. The van der Waals surface area contributed by atoms with Crippen LogP contribution in [0.5, 0.6) is 0 Å². The van der Waals surface area contributed by atoms with Gasteiger partial charge in [0.1, 0.15) is 11.2 Å². The molecule has 0 spiro atoms. The molecule has 0 bridgehead atoms. The van der Waals surface area contributed by atoms with Crippen LogP contribution in [0.2, 0.25) is 0 Å². The average Bonchev–Trinajstić information content (AvgIpc) is 3.79. The predicted octanol–water partition coefficient (Wildman–Crippen LogP) is 11.6. The Morgan fingerprint density at radius 3 is 1.75 bits per heavy atom. The molecule has 3 aromatic heterocycles. The summed E-state index contributed by atoms with van der Waals surface area (Å²) in [5.74, 6) is 0. The Kier molecular flexibility index (Phi) is 5.53. The average molecular weight is 614 g/mol. The van der Waals surface area contributed by atoms with Crippen molar-refractivity contribution in [2.75, 3.05) is 0 Å². The summed E-state index contributed by atoms with van der Waals surface area (Å²) in [5.41, 5.74) is 12.2. The summed E-state index contributed by atoms with van der Waals surface area (Å²) in [6, 6.07) is 53.5. The summed E-state index contributed by atoms with van der Waals surface area (Å²) in [4.78, 5) is 0. The molecular formula is C44H27N3O. The number of nitriles is 1. The number of benzene rings is 7. The van der Waals surface area contributed by atoms with Gasteiger partial charge in [0, 0.05) is 43.4 Å². The number of furan rings is 1. The van der Waals surface area contributed by atoms with E-state index in [0.29, 0.717) is 5.56 Å². The van der Waals surface area contributed by atoms with E-state index in [0.717, 1.165) is 72.1 Å². The van der Waals surface area contributed by atoms with Crippen molar-refractivity contribution < 1.29 is 4.42 Å². The Hall–Kier alpha value is -6.57. The van der Waals surface area contributed by atoms with Crippen LogP contribution in [0.4, 0.5) is 0 Å². The largest absolute Gasteiger partial charge is 0.456 e. The molecule has 0 aliphatic carbocycles.